The van der Waals surface area contributed by atoms with Crippen LogP contribution >= 0.6 is 23.2 Å². The van der Waals surface area contributed by atoms with E-state index in [9.17, 15) is 4.79 Å². The van der Waals surface area contributed by atoms with Gasteiger partial charge < -0.3 is 14.3 Å². The summed E-state index contributed by atoms with van der Waals surface area (Å²) in [4.78, 5) is 10.8. The lowest BCUT2D eigenvalue weighted by molar-refractivity contribution is -0.108. The number of hydrogen-bond donors (Lipinski definition) is 0. The predicted molar refractivity (Wildman–Crippen MR) is 64.0 cm³/mol. The quantitative estimate of drug-likeness (QED) is 0.782. The van der Waals surface area contributed by atoms with Crippen molar-refractivity contribution in [2.24, 2.45) is 0 Å². The first kappa shape index (κ1) is 13.1. The number of carbonyl (C=O) groups is 1. The van der Waals surface area contributed by atoms with Gasteiger partial charge in [0.15, 0.2) is 5.75 Å². The predicted octanol–water partition coefficient (Wildman–Crippen LogP) is 3.31. The molecule has 0 amide bonds. The van der Waals surface area contributed by atoms with Crippen LogP contribution in [0.25, 0.3) is 0 Å². The van der Waals surface area contributed by atoms with Gasteiger partial charge in [-0.1, -0.05) is 30.1 Å². The van der Waals surface area contributed by atoms with Crippen LogP contribution in [0.3, 0.4) is 0 Å². The summed E-state index contributed by atoms with van der Waals surface area (Å²) in [5.74, 6) is 0.422. The lowest BCUT2D eigenvalue weighted by atomic mass is 10.0. The van der Waals surface area contributed by atoms with Gasteiger partial charge in [-0.05, 0) is 11.6 Å². The minimum absolute atomic E-state index is 0.303. The van der Waals surface area contributed by atoms with E-state index in [1.54, 1.807) is 13.0 Å². The Labute approximate surface area is 104 Å². The molecule has 0 heterocycles. The van der Waals surface area contributed by atoms with Crippen molar-refractivity contribution in [3.63, 3.8) is 0 Å². The van der Waals surface area contributed by atoms with Crippen LogP contribution in [-0.4, -0.2) is 20.5 Å². The minimum Gasteiger partial charge on any atom is -0.495 e. The number of methoxy groups -OCH3 is 2. The number of benzene rings is 1. The number of halogens is 2. The molecule has 0 radical (unpaired) electrons. The lowest BCUT2D eigenvalue weighted by Crippen LogP contribution is -2.00. The van der Waals surface area contributed by atoms with Crippen molar-refractivity contribution in [1.82, 2.24) is 0 Å². The van der Waals surface area contributed by atoms with Crippen LogP contribution in [0.5, 0.6) is 11.5 Å². The first-order valence-corrected chi connectivity index (χ1v) is 5.37. The first-order chi connectivity index (χ1) is 7.56. The second-order valence-corrected chi connectivity index (χ2v) is 4.01. The molecule has 0 aromatic heterocycles. The van der Waals surface area contributed by atoms with Crippen LogP contribution in [0.2, 0.25) is 10.0 Å². The average Bonchev–Trinajstić information content (AvgIpc) is 2.29. The molecule has 0 fully saturated rings. The van der Waals surface area contributed by atoms with Gasteiger partial charge >= 0.3 is 0 Å². The number of hydrogen-bond acceptors (Lipinski definition) is 3. The second-order valence-electron chi connectivity index (χ2n) is 3.25. The van der Waals surface area contributed by atoms with Crippen LogP contribution in [0.1, 0.15) is 18.4 Å². The van der Waals surface area contributed by atoms with Crippen LogP contribution in [0.4, 0.5) is 0 Å². The molecule has 0 saturated carbocycles. The van der Waals surface area contributed by atoms with Gasteiger partial charge in [0, 0.05) is 5.92 Å². The van der Waals surface area contributed by atoms with Gasteiger partial charge in [-0.15, -0.1) is 0 Å². The molecule has 1 aromatic carbocycles. The highest BCUT2D eigenvalue weighted by atomic mass is 35.5. The van der Waals surface area contributed by atoms with Crippen LogP contribution in [-0.2, 0) is 4.79 Å². The Hall–Kier alpha value is -0.930. The minimum atomic E-state index is -0.340. The highest BCUT2D eigenvalue weighted by molar-refractivity contribution is 6.38. The molecule has 0 aliphatic heterocycles. The third-order valence-corrected chi connectivity index (χ3v) is 3.02. The van der Waals surface area contributed by atoms with Gasteiger partial charge in [0.05, 0.1) is 19.2 Å². The largest absolute Gasteiger partial charge is 0.495 e. The molecule has 16 heavy (non-hydrogen) atoms. The summed E-state index contributed by atoms with van der Waals surface area (Å²) in [5.41, 5.74) is 0.634. The Balaban J connectivity index is 3.45. The van der Waals surface area contributed by atoms with Gasteiger partial charge in [-0.3, -0.25) is 0 Å². The fourth-order valence-electron chi connectivity index (χ4n) is 1.34. The standard InChI is InChI=1S/C11H12Cl2O3/c1-6(5-14)7-4-8(15-2)10(13)11(16-3)9(7)12/h4-6H,1-3H3. The molecule has 0 spiro atoms. The molecule has 1 aromatic rings. The molecule has 1 unspecified atom stereocenters. The van der Waals surface area contributed by atoms with Gasteiger partial charge in [-0.25, -0.2) is 0 Å². The van der Waals surface area contributed by atoms with Crippen molar-refractivity contribution in [3.8, 4) is 11.5 Å². The van der Waals surface area contributed by atoms with E-state index in [0.29, 0.717) is 27.1 Å². The van der Waals surface area contributed by atoms with Crippen LogP contribution in [0, 0.1) is 0 Å². The molecule has 0 bridgehead atoms. The van der Waals surface area contributed by atoms with Crippen LogP contribution < -0.4 is 9.47 Å². The number of aldehydes is 1. The van der Waals surface area contributed by atoms with Gasteiger partial charge in [0.25, 0.3) is 0 Å². The number of ether oxygens (including phenoxy) is 2. The monoisotopic (exact) mass is 262 g/mol. The molecule has 0 aliphatic rings. The normalized spacial score (nSPS) is 12.1. The zero-order chi connectivity index (χ0) is 12.3. The van der Waals surface area contributed by atoms with Crippen molar-refractivity contribution in [2.75, 3.05) is 14.2 Å². The molecule has 0 saturated heterocycles. The highest BCUT2D eigenvalue weighted by Gasteiger charge is 2.20. The Morgan fingerprint density at radius 1 is 1.25 bits per heavy atom. The van der Waals surface area contributed by atoms with E-state index in [1.807, 2.05) is 0 Å². The maximum atomic E-state index is 10.8. The molecule has 1 atom stereocenters. The zero-order valence-corrected chi connectivity index (χ0v) is 10.7. The summed E-state index contributed by atoms with van der Waals surface area (Å²) < 4.78 is 10.2. The molecular weight excluding hydrogens is 251 g/mol. The number of rotatable bonds is 4. The molecule has 0 N–H and O–H groups in total. The molecule has 0 aliphatic carbocycles. The molecule has 88 valence electrons. The summed E-state index contributed by atoms with van der Waals surface area (Å²) in [7, 11) is 2.95. The Morgan fingerprint density at radius 2 is 1.88 bits per heavy atom. The third kappa shape index (κ3) is 2.25. The summed E-state index contributed by atoms with van der Waals surface area (Å²) in [6, 6.07) is 1.65. The highest BCUT2D eigenvalue weighted by Crippen LogP contribution is 2.43. The van der Waals surface area contributed by atoms with E-state index in [4.69, 9.17) is 32.7 Å². The molecule has 5 heteroatoms. The van der Waals surface area contributed by atoms with Crippen molar-refractivity contribution in [2.45, 2.75) is 12.8 Å². The van der Waals surface area contributed by atoms with Gasteiger partial charge in [-0.2, -0.15) is 0 Å². The molecular formula is C11H12Cl2O3. The van der Waals surface area contributed by atoms with E-state index >= 15 is 0 Å². The van der Waals surface area contributed by atoms with E-state index in [0.717, 1.165) is 6.29 Å². The lowest BCUT2D eigenvalue weighted by Gasteiger charge is -2.15. The van der Waals surface area contributed by atoms with Gasteiger partial charge in [0.1, 0.15) is 17.1 Å². The van der Waals surface area contributed by atoms with Crippen molar-refractivity contribution < 1.29 is 14.3 Å². The fourth-order valence-corrected chi connectivity index (χ4v) is 2.09. The summed E-state index contributed by atoms with van der Waals surface area (Å²) in [6.45, 7) is 1.74. The SMILES string of the molecule is COc1cc(C(C)C=O)c(Cl)c(OC)c1Cl. The fraction of sp³-hybridized carbons (Fsp3) is 0.364. The molecule has 1 rings (SSSR count). The van der Waals surface area contributed by atoms with Crippen molar-refractivity contribution in [3.05, 3.63) is 21.7 Å². The van der Waals surface area contributed by atoms with E-state index in [1.165, 1.54) is 14.2 Å². The Bertz CT molecular complexity index is 405. The summed E-state index contributed by atoms with van der Waals surface area (Å²) in [5, 5.41) is 0.643. The van der Waals surface area contributed by atoms with E-state index < -0.39 is 0 Å². The first-order valence-electron chi connectivity index (χ1n) is 4.62. The maximum absolute atomic E-state index is 10.8. The maximum Gasteiger partial charge on any atom is 0.160 e. The second kappa shape index (κ2) is 5.41. The average molecular weight is 263 g/mol. The van der Waals surface area contributed by atoms with Gasteiger partial charge in [0.2, 0.25) is 0 Å². The molecule has 3 nitrogen and oxygen atoms in total. The van der Waals surface area contributed by atoms with E-state index in [2.05, 4.69) is 0 Å². The summed E-state index contributed by atoms with van der Waals surface area (Å²) in [6.07, 6.45) is 0.800. The van der Waals surface area contributed by atoms with Crippen LogP contribution in [0.15, 0.2) is 6.07 Å². The topological polar surface area (TPSA) is 35.5 Å². The zero-order valence-electron chi connectivity index (χ0n) is 9.21. The van der Waals surface area contributed by atoms with Crippen molar-refractivity contribution >= 4 is 29.5 Å². The Morgan fingerprint density at radius 3 is 2.31 bits per heavy atom. The Kier molecular flexibility index (Phi) is 4.44. The van der Waals surface area contributed by atoms with E-state index in [-0.39, 0.29) is 5.92 Å². The van der Waals surface area contributed by atoms with Crippen molar-refractivity contribution in [1.29, 1.82) is 0 Å². The third-order valence-electron chi connectivity index (χ3n) is 2.27. The summed E-state index contributed by atoms with van der Waals surface area (Å²) >= 11 is 12.1. The number of carbonyl (C=O) groups excluding carboxylic acids is 1. The smallest absolute Gasteiger partial charge is 0.160 e.